The highest BCUT2D eigenvalue weighted by molar-refractivity contribution is 7.42. The molecular formula is C70H68O8S6. The first-order valence-electron chi connectivity index (χ1n) is 28.1. The minimum Gasteiger partial charge on any atom is -0.496 e. The van der Waals surface area contributed by atoms with Crippen LogP contribution in [0.15, 0.2) is 133 Å². The van der Waals surface area contributed by atoms with Crippen molar-refractivity contribution in [1.29, 1.82) is 0 Å². The van der Waals surface area contributed by atoms with Gasteiger partial charge in [-0.25, -0.2) is 0 Å². The minimum absolute atomic E-state index is 0.0187. The lowest BCUT2D eigenvalue weighted by Gasteiger charge is -2.17. The fourth-order valence-electron chi connectivity index (χ4n) is 10.7. The van der Waals surface area contributed by atoms with Crippen LogP contribution in [0, 0.1) is 13.8 Å². The molecule has 12 rings (SSSR count). The van der Waals surface area contributed by atoms with Gasteiger partial charge in [0, 0.05) is 20.9 Å². The molecule has 0 atom stereocenters. The van der Waals surface area contributed by atoms with E-state index >= 15 is 0 Å². The molecule has 0 saturated carbocycles. The van der Waals surface area contributed by atoms with Gasteiger partial charge < -0.3 is 37.9 Å². The summed E-state index contributed by atoms with van der Waals surface area (Å²) in [5, 5.41) is 0. The number of benzene rings is 6. The zero-order chi connectivity index (χ0) is 59.1. The molecule has 0 aliphatic heterocycles. The molecule has 12 aromatic rings. The minimum atomic E-state index is 0.0187. The molecule has 8 nitrogen and oxygen atoms in total. The van der Waals surface area contributed by atoms with E-state index in [9.17, 15) is 0 Å². The van der Waals surface area contributed by atoms with Gasteiger partial charge in [0.25, 0.3) is 0 Å². The van der Waals surface area contributed by atoms with E-state index in [0.717, 1.165) is 78.0 Å². The molecule has 0 spiro atoms. The average Bonchev–Trinajstić information content (AvgIpc) is 1.98. The molecule has 84 heavy (non-hydrogen) atoms. The zero-order valence-corrected chi connectivity index (χ0v) is 54.6. The largest absolute Gasteiger partial charge is 0.496 e. The van der Waals surface area contributed by atoms with Gasteiger partial charge in [-0.1, -0.05) is 84.9 Å². The topological polar surface area (TPSA) is 73.8 Å². The second kappa shape index (κ2) is 24.9. The lowest BCUT2D eigenvalue weighted by Crippen LogP contribution is -2.07. The number of hydrogen-bond donors (Lipinski definition) is 0. The third kappa shape index (κ3) is 11.0. The Hall–Kier alpha value is -7.04. The van der Waals surface area contributed by atoms with Crippen LogP contribution in [0.3, 0.4) is 0 Å². The summed E-state index contributed by atoms with van der Waals surface area (Å²) in [4.78, 5) is 4.68. The Morgan fingerprint density at radius 2 is 0.500 bits per heavy atom. The lowest BCUT2D eigenvalue weighted by atomic mass is 10.0. The SMILES string of the molecule is COc1cccc(OC(C)C)c1-c1sc2c(sc3c(-c4ccccc4)c(-c4c(OC)cccc4OC(C)C)sc32)c1-c1ccccc1.COc1cccc(OC(C)C)c1-c1sc2c(sc3c(C)c(-c4c(OC)cccc4OC(C)C)sc32)c1C. The number of aryl methyl sites for hydroxylation is 2. The van der Waals surface area contributed by atoms with Gasteiger partial charge in [-0.2, -0.15) is 0 Å². The number of hydrogen-bond acceptors (Lipinski definition) is 14. The fraction of sp³-hybridized carbons (Fsp3) is 0.257. The molecular weight excluding hydrogens is 1160 g/mol. The zero-order valence-electron chi connectivity index (χ0n) is 49.7. The monoisotopic (exact) mass is 1230 g/mol. The summed E-state index contributed by atoms with van der Waals surface area (Å²) in [5.74, 6) is 6.62. The van der Waals surface area contributed by atoms with Crippen molar-refractivity contribution in [3.8, 4) is 110 Å². The summed E-state index contributed by atoms with van der Waals surface area (Å²) in [6, 6.07) is 45.6. The van der Waals surface area contributed by atoms with Gasteiger partial charge >= 0.3 is 0 Å². The Labute approximate surface area is 516 Å². The predicted octanol–water partition coefficient (Wildman–Crippen LogP) is 22.2. The van der Waals surface area contributed by atoms with E-state index in [-0.39, 0.29) is 24.4 Å². The Morgan fingerprint density at radius 1 is 0.250 bits per heavy atom. The summed E-state index contributed by atoms with van der Waals surface area (Å²) in [6.07, 6.45) is 0.185. The normalized spacial score (nSPS) is 11.6. The molecule has 14 heteroatoms. The van der Waals surface area contributed by atoms with E-state index in [2.05, 4.69) is 130 Å². The molecule has 0 amide bonds. The standard InChI is InChI=1S/C40H36O4S3.C30H32O4S3/c1-23(2)43-29-21-13-19-27(41-5)33(29)35-31(25-15-9-7-10-16-25)37-39(45-35)40-38(47-37)32(26-17-11-8-12-18-26)36(46-40)34-28(42-6)20-14-22-30(34)44-24(3)4;1-15(2)33-21-13-9-11-19(31-7)23(21)25-17(5)27-29(35-25)30-28(37-27)18(6)26(36-30)24-20(32-8)12-10-14-22(24)34-16(3)4/h7-24H,1-6H3;9-16H,1-8H3. The van der Waals surface area contributed by atoms with Crippen molar-refractivity contribution in [2.24, 2.45) is 0 Å². The summed E-state index contributed by atoms with van der Waals surface area (Å²) in [7, 11) is 6.91. The molecule has 0 saturated heterocycles. The summed E-state index contributed by atoms with van der Waals surface area (Å²) < 4.78 is 59.1. The maximum Gasteiger partial charge on any atom is 0.132 e. The third-order valence-electron chi connectivity index (χ3n) is 14.0. The van der Waals surface area contributed by atoms with Gasteiger partial charge in [-0.15, -0.1) is 68.0 Å². The van der Waals surface area contributed by atoms with Gasteiger partial charge in [0.1, 0.15) is 46.0 Å². The first-order chi connectivity index (χ1) is 40.6. The van der Waals surface area contributed by atoms with Crippen LogP contribution in [0.25, 0.3) is 102 Å². The Bertz CT molecular complexity index is 4030. The Kier molecular flexibility index (Phi) is 17.4. The van der Waals surface area contributed by atoms with Crippen LogP contribution < -0.4 is 37.9 Å². The van der Waals surface area contributed by atoms with Crippen LogP contribution in [-0.4, -0.2) is 52.9 Å². The number of fused-ring (bicyclic) bond motifs is 6. The summed E-state index contributed by atoms with van der Waals surface area (Å²) >= 11 is 11.0. The van der Waals surface area contributed by atoms with Gasteiger partial charge in [0.05, 0.1) is 122 Å². The van der Waals surface area contributed by atoms with Crippen LogP contribution in [-0.2, 0) is 0 Å². The van der Waals surface area contributed by atoms with Crippen LogP contribution in [0.4, 0.5) is 0 Å². The fourth-order valence-corrected chi connectivity index (χ4v) is 19.9. The van der Waals surface area contributed by atoms with Crippen molar-refractivity contribution in [3.63, 3.8) is 0 Å². The van der Waals surface area contributed by atoms with E-state index < -0.39 is 0 Å². The maximum absolute atomic E-state index is 6.41. The highest BCUT2D eigenvalue weighted by Gasteiger charge is 2.31. The van der Waals surface area contributed by atoms with Gasteiger partial charge in [-0.3, -0.25) is 0 Å². The summed E-state index contributed by atoms with van der Waals surface area (Å²) in [5.41, 5.74) is 11.3. The van der Waals surface area contributed by atoms with Crippen LogP contribution >= 0.6 is 68.0 Å². The second-order valence-corrected chi connectivity index (χ2v) is 27.4. The Balaban J connectivity index is 0.000000181. The lowest BCUT2D eigenvalue weighted by molar-refractivity contribution is 0.242. The number of rotatable bonds is 18. The van der Waals surface area contributed by atoms with E-state index in [1.165, 1.54) is 80.7 Å². The highest BCUT2D eigenvalue weighted by atomic mass is 32.1. The van der Waals surface area contributed by atoms with Gasteiger partial charge in [-0.05, 0) is 140 Å². The van der Waals surface area contributed by atoms with E-state index in [1.54, 1.807) is 28.4 Å². The van der Waals surface area contributed by atoms with Crippen molar-refractivity contribution < 1.29 is 37.9 Å². The summed E-state index contributed by atoms with van der Waals surface area (Å²) in [6.45, 7) is 20.9. The quantitative estimate of drug-likeness (QED) is 0.0841. The molecule has 0 unspecified atom stereocenters. The second-order valence-electron chi connectivity index (χ2n) is 21.3. The molecule has 0 radical (unpaired) electrons. The van der Waals surface area contributed by atoms with E-state index in [4.69, 9.17) is 37.9 Å². The molecule has 0 fully saturated rings. The number of methoxy groups -OCH3 is 4. The molecule has 6 heterocycles. The highest BCUT2D eigenvalue weighted by Crippen LogP contribution is 2.61. The molecule has 6 aromatic heterocycles. The maximum atomic E-state index is 6.41. The van der Waals surface area contributed by atoms with E-state index in [0.29, 0.717) is 0 Å². The molecule has 0 aliphatic carbocycles. The molecule has 0 N–H and O–H groups in total. The van der Waals surface area contributed by atoms with E-state index in [1.807, 2.05) is 141 Å². The molecule has 432 valence electrons. The van der Waals surface area contributed by atoms with Crippen LogP contribution in [0.5, 0.6) is 46.0 Å². The third-order valence-corrected chi connectivity index (χ3v) is 22.6. The van der Waals surface area contributed by atoms with Crippen molar-refractivity contribution >= 4 is 106 Å². The number of thiophene rings is 6. The smallest absolute Gasteiger partial charge is 0.132 e. The van der Waals surface area contributed by atoms with Gasteiger partial charge in [0.2, 0.25) is 0 Å². The van der Waals surface area contributed by atoms with Crippen molar-refractivity contribution in [2.45, 2.75) is 93.7 Å². The molecule has 0 aliphatic rings. The predicted molar refractivity (Wildman–Crippen MR) is 362 cm³/mol. The first kappa shape index (κ1) is 58.7. The van der Waals surface area contributed by atoms with Crippen LogP contribution in [0.1, 0.15) is 66.5 Å². The number of ether oxygens (including phenoxy) is 8. The van der Waals surface area contributed by atoms with Crippen molar-refractivity contribution in [1.82, 2.24) is 0 Å². The molecule has 0 bridgehead atoms. The first-order valence-corrected chi connectivity index (χ1v) is 33.0. The van der Waals surface area contributed by atoms with Gasteiger partial charge in [0.15, 0.2) is 0 Å². The van der Waals surface area contributed by atoms with Crippen molar-refractivity contribution in [3.05, 3.63) is 145 Å². The average molecular weight is 1230 g/mol. The van der Waals surface area contributed by atoms with Crippen LogP contribution in [0.2, 0.25) is 0 Å². The van der Waals surface area contributed by atoms with Crippen molar-refractivity contribution in [2.75, 3.05) is 28.4 Å². The molecule has 6 aromatic carbocycles. The Morgan fingerprint density at radius 3 is 0.786 bits per heavy atom.